The summed E-state index contributed by atoms with van der Waals surface area (Å²) in [6, 6.07) is 9.14. The summed E-state index contributed by atoms with van der Waals surface area (Å²) in [7, 11) is 0. The summed E-state index contributed by atoms with van der Waals surface area (Å²) in [5, 5.41) is 12.7. The molecule has 1 aliphatic rings. The summed E-state index contributed by atoms with van der Waals surface area (Å²) >= 11 is 0. The summed E-state index contributed by atoms with van der Waals surface area (Å²) < 4.78 is 0. The molecule has 0 aromatic heterocycles. The molecule has 0 bridgehead atoms. The lowest BCUT2D eigenvalue weighted by atomic mass is 9.97. The molecule has 2 N–H and O–H groups in total. The van der Waals surface area contributed by atoms with Crippen LogP contribution in [0.4, 0.5) is 0 Å². The Kier molecular flexibility index (Phi) is 5.80. The van der Waals surface area contributed by atoms with E-state index < -0.39 is 5.97 Å². The zero-order valence-corrected chi connectivity index (χ0v) is 13.1. The molecule has 0 heterocycles. The molecule has 3 heteroatoms. The first-order valence-corrected chi connectivity index (χ1v) is 8.11. The van der Waals surface area contributed by atoms with Crippen LogP contribution in [-0.2, 0) is 11.2 Å². The van der Waals surface area contributed by atoms with Crippen LogP contribution in [0.1, 0.15) is 63.0 Å². The molecule has 21 heavy (non-hydrogen) atoms. The van der Waals surface area contributed by atoms with Gasteiger partial charge in [0.25, 0.3) is 0 Å². The van der Waals surface area contributed by atoms with Gasteiger partial charge in [-0.2, -0.15) is 0 Å². The van der Waals surface area contributed by atoms with E-state index in [9.17, 15) is 4.79 Å². The number of carbonyl (C=O) groups is 1. The predicted octanol–water partition coefficient (Wildman–Crippen LogP) is 3.73. The van der Waals surface area contributed by atoms with Crippen LogP contribution in [0.2, 0.25) is 0 Å². The van der Waals surface area contributed by atoms with E-state index in [4.69, 9.17) is 5.11 Å². The van der Waals surface area contributed by atoms with Crippen molar-refractivity contribution < 1.29 is 9.90 Å². The standard InChI is InChI=1S/C18H27NO2/c1-13(2)15-9-7-14(8-10-15)11-17(12-18(20)21)19-16-5-3-4-6-16/h7-10,13,16-17,19H,3-6,11-12H2,1-2H3,(H,20,21). The van der Waals surface area contributed by atoms with Crippen molar-refractivity contribution in [2.45, 2.75) is 70.4 Å². The van der Waals surface area contributed by atoms with Crippen LogP contribution in [0.5, 0.6) is 0 Å². The van der Waals surface area contributed by atoms with Crippen molar-refractivity contribution in [1.82, 2.24) is 5.32 Å². The van der Waals surface area contributed by atoms with Crippen LogP contribution < -0.4 is 5.32 Å². The average molecular weight is 289 g/mol. The number of carboxylic acids is 1. The second-order valence-electron chi connectivity index (χ2n) is 6.54. The Bertz CT molecular complexity index is 447. The van der Waals surface area contributed by atoms with E-state index >= 15 is 0 Å². The van der Waals surface area contributed by atoms with Crippen LogP contribution in [0.15, 0.2) is 24.3 Å². The van der Waals surface area contributed by atoms with E-state index in [2.05, 4.69) is 43.4 Å². The molecule has 116 valence electrons. The molecule has 0 saturated heterocycles. The van der Waals surface area contributed by atoms with Gasteiger partial charge in [-0.05, 0) is 36.3 Å². The van der Waals surface area contributed by atoms with E-state index in [1.165, 1.54) is 36.8 Å². The summed E-state index contributed by atoms with van der Waals surface area (Å²) in [6.45, 7) is 4.37. The van der Waals surface area contributed by atoms with Crippen molar-refractivity contribution in [2.24, 2.45) is 0 Å². The van der Waals surface area contributed by atoms with Crippen LogP contribution in [0.25, 0.3) is 0 Å². The maximum absolute atomic E-state index is 11.1. The van der Waals surface area contributed by atoms with Crippen molar-refractivity contribution in [3.8, 4) is 0 Å². The lowest BCUT2D eigenvalue weighted by Gasteiger charge is -2.22. The quantitative estimate of drug-likeness (QED) is 0.804. The largest absolute Gasteiger partial charge is 0.481 e. The van der Waals surface area contributed by atoms with Crippen molar-refractivity contribution in [3.63, 3.8) is 0 Å². The predicted molar refractivity (Wildman–Crippen MR) is 85.7 cm³/mol. The van der Waals surface area contributed by atoms with Gasteiger partial charge in [-0.15, -0.1) is 0 Å². The van der Waals surface area contributed by atoms with Gasteiger partial charge in [-0.3, -0.25) is 4.79 Å². The Labute approximate surface area is 127 Å². The number of nitrogens with one attached hydrogen (secondary N) is 1. The molecular formula is C18H27NO2. The topological polar surface area (TPSA) is 49.3 Å². The summed E-state index contributed by atoms with van der Waals surface area (Å²) in [4.78, 5) is 11.1. The van der Waals surface area contributed by atoms with Crippen molar-refractivity contribution in [1.29, 1.82) is 0 Å². The first kappa shape index (κ1) is 16.0. The molecule has 0 aliphatic heterocycles. The number of hydrogen-bond acceptors (Lipinski definition) is 2. The Morgan fingerprint density at radius 3 is 2.38 bits per heavy atom. The van der Waals surface area contributed by atoms with Gasteiger partial charge in [0.05, 0.1) is 6.42 Å². The molecule has 1 saturated carbocycles. The fourth-order valence-electron chi connectivity index (χ4n) is 3.15. The van der Waals surface area contributed by atoms with Gasteiger partial charge < -0.3 is 10.4 Å². The second-order valence-corrected chi connectivity index (χ2v) is 6.54. The third-order valence-electron chi connectivity index (χ3n) is 4.38. The molecule has 1 atom stereocenters. The minimum absolute atomic E-state index is 0.0375. The Balaban J connectivity index is 1.97. The highest BCUT2D eigenvalue weighted by molar-refractivity contribution is 5.67. The van der Waals surface area contributed by atoms with Gasteiger partial charge in [-0.25, -0.2) is 0 Å². The zero-order chi connectivity index (χ0) is 15.2. The van der Waals surface area contributed by atoms with Crippen molar-refractivity contribution in [3.05, 3.63) is 35.4 Å². The first-order valence-electron chi connectivity index (χ1n) is 8.11. The van der Waals surface area contributed by atoms with Gasteiger partial charge in [-0.1, -0.05) is 51.0 Å². The molecule has 3 nitrogen and oxygen atoms in total. The summed E-state index contributed by atoms with van der Waals surface area (Å²) in [6.07, 6.45) is 5.88. The molecule has 2 rings (SSSR count). The van der Waals surface area contributed by atoms with E-state index in [0.29, 0.717) is 12.0 Å². The fraction of sp³-hybridized carbons (Fsp3) is 0.611. The Morgan fingerprint density at radius 1 is 1.24 bits per heavy atom. The number of rotatable bonds is 7. The lowest BCUT2D eigenvalue weighted by Crippen LogP contribution is -2.39. The smallest absolute Gasteiger partial charge is 0.304 e. The van der Waals surface area contributed by atoms with Crippen LogP contribution in [0, 0.1) is 0 Å². The average Bonchev–Trinajstić information content (AvgIpc) is 2.91. The van der Waals surface area contributed by atoms with Gasteiger partial charge in [0.15, 0.2) is 0 Å². The van der Waals surface area contributed by atoms with Gasteiger partial charge >= 0.3 is 5.97 Å². The van der Waals surface area contributed by atoms with E-state index in [0.717, 1.165) is 6.42 Å². The molecular weight excluding hydrogens is 262 g/mol. The number of carboxylic acid groups (broad SMARTS) is 1. The molecule has 1 fully saturated rings. The number of hydrogen-bond donors (Lipinski definition) is 2. The van der Waals surface area contributed by atoms with Crippen LogP contribution >= 0.6 is 0 Å². The minimum Gasteiger partial charge on any atom is -0.481 e. The zero-order valence-electron chi connectivity index (χ0n) is 13.1. The maximum Gasteiger partial charge on any atom is 0.304 e. The third kappa shape index (κ3) is 5.16. The van der Waals surface area contributed by atoms with Crippen LogP contribution in [0.3, 0.4) is 0 Å². The van der Waals surface area contributed by atoms with Crippen LogP contribution in [-0.4, -0.2) is 23.2 Å². The number of benzene rings is 1. The highest BCUT2D eigenvalue weighted by atomic mass is 16.4. The van der Waals surface area contributed by atoms with Crippen molar-refractivity contribution in [2.75, 3.05) is 0 Å². The molecule has 1 aromatic rings. The molecule has 1 unspecified atom stereocenters. The SMILES string of the molecule is CC(C)c1ccc(CC(CC(=O)O)NC2CCCC2)cc1. The molecule has 1 aromatic carbocycles. The third-order valence-corrected chi connectivity index (χ3v) is 4.38. The second kappa shape index (κ2) is 7.60. The van der Waals surface area contributed by atoms with E-state index in [1.54, 1.807) is 0 Å². The normalized spacial score (nSPS) is 17.3. The van der Waals surface area contributed by atoms with Gasteiger partial charge in [0.1, 0.15) is 0 Å². The molecule has 1 aliphatic carbocycles. The van der Waals surface area contributed by atoms with E-state index in [-0.39, 0.29) is 12.5 Å². The fourth-order valence-corrected chi connectivity index (χ4v) is 3.15. The monoisotopic (exact) mass is 289 g/mol. The van der Waals surface area contributed by atoms with E-state index in [1.807, 2.05) is 0 Å². The molecule has 0 radical (unpaired) electrons. The highest BCUT2D eigenvalue weighted by Gasteiger charge is 2.21. The first-order chi connectivity index (χ1) is 10.0. The lowest BCUT2D eigenvalue weighted by molar-refractivity contribution is -0.137. The van der Waals surface area contributed by atoms with Gasteiger partial charge in [0.2, 0.25) is 0 Å². The molecule has 0 spiro atoms. The number of aliphatic carboxylic acids is 1. The van der Waals surface area contributed by atoms with Gasteiger partial charge in [0, 0.05) is 12.1 Å². The van der Waals surface area contributed by atoms with Crippen molar-refractivity contribution >= 4 is 5.97 Å². The minimum atomic E-state index is -0.718. The maximum atomic E-state index is 11.1. The molecule has 0 amide bonds. The highest BCUT2D eigenvalue weighted by Crippen LogP contribution is 2.20. The summed E-state index contributed by atoms with van der Waals surface area (Å²) in [5.74, 6) is -0.185. The Morgan fingerprint density at radius 2 is 1.86 bits per heavy atom. The Hall–Kier alpha value is -1.35. The summed E-state index contributed by atoms with van der Waals surface area (Å²) in [5.41, 5.74) is 2.55.